The fraction of sp³-hybridized carbons (Fsp3) is 0.542. The zero-order chi connectivity index (χ0) is 44.0. The highest BCUT2D eigenvalue weighted by Crippen LogP contribution is 2.44. The van der Waals surface area contributed by atoms with Gasteiger partial charge < -0.3 is 19.3 Å². The molecular formula is C48H59F3N6O3Si. The predicted octanol–water partition coefficient (Wildman–Crippen LogP) is 10.8. The van der Waals surface area contributed by atoms with E-state index in [1.165, 1.54) is 17.0 Å². The molecule has 1 aromatic heterocycles. The molecule has 3 saturated heterocycles. The maximum atomic E-state index is 17.6. The standard InChI is InChI=1S/C48H59F3N6O3Si/c1-30(2)61(31(3)4,32(5)6)26-18-35-38(49)16-15-33-13-10-14-36(40(33)35)41-39(50)27-37-43(42(41)51)53-45(59-29-48-19-11-22-56(48)23-12-20-48)54-44(37)55-24-25-57(34(28-55)17-21-52)46(58)60-47(7,8)9/h10,13-16,27,30-32,34H,11-12,17,19-20,22-25,28-29H2,1-9H3/t34-/m0/s1. The molecule has 324 valence electrons. The SMILES string of the molecule is CC(C)[Si](C#Cc1c(F)ccc2cccc(-c3c(F)cc4c(N5CCN(C(=O)OC(C)(C)C)[C@@H](CC#N)C5)nc(OCC56CCCN5CCC6)nc4c3F)c12)(C(C)C)C(C)C. The Morgan fingerprint density at radius 2 is 1.64 bits per heavy atom. The summed E-state index contributed by atoms with van der Waals surface area (Å²) < 4.78 is 62.9. The Balaban J connectivity index is 1.39. The van der Waals surface area contributed by atoms with Crippen molar-refractivity contribution in [2.24, 2.45) is 0 Å². The summed E-state index contributed by atoms with van der Waals surface area (Å²) in [6.45, 7) is 21.3. The molecule has 0 aliphatic carbocycles. The summed E-state index contributed by atoms with van der Waals surface area (Å²) >= 11 is 0. The summed E-state index contributed by atoms with van der Waals surface area (Å²) in [7, 11) is -2.32. The van der Waals surface area contributed by atoms with Crippen LogP contribution in [0.5, 0.6) is 6.01 Å². The van der Waals surface area contributed by atoms with Crippen LogP contribution in [0.25, 0.3) is 32.8 Å². The van der Waals surface area contributed by atoms with Crippen molar-refractivity contribution in [3.05, 3.63) is 59.4 Å². The van der Waals surface area contributed by atoms with Crippen molar-refractivity contribution in [3.63, 3.8) is 0 Å². The Morgan fingerprint density at radius 1 is 0.951 bits per heavy atom. The van der Waals surface area contributed by atoms with E-state index in [0.717, 1.165) is 38.8 Å². The van der Waals surface area contributed by atoms with Crippen LogP contribution < -0.4 is 9.64 Å². The number of nitriles is 1. The summed E-state index contributed by atoms with van der Waals surface area (Å²) in [5.74, 6) is 1.13. The third-order valence-corrected chi connectivity index (χ3v) is 19.7. The maximum absolute atomic E-state index is 17.6. The van der Waals surface area contributed by atoms with Crippen LogP contribution in [0.1, 0.15) is 100.0 Å². The molecule has 1 atom stereocenters. The smallest absolute Gasteiger partial charge is 0.410 e. The summed E-state index contributed by atoms with van der Waals surface area (Å²) in [6, 6.07) is 10.9. The first kappa shape index (κ1) is 44.2. The zero-order valence-corrected chi connectivity index (χ0v) is 38.1. The highest BCUT2D eigenvalue weighted by molar-refractivity contribution is 6.90. The van der Waals surface area contributed by atoms with Crippen molar-refractivity contribution < 1.29 is 27.4 Å². The van der Waals surface area contributed by atoms with Crippen LogP contribution in [0.2, 0.25) is 16.6 Å². The van der Waals surface area contributed by atoms with Crippen LogP contribution >= 0.6 is 0 Å². The highest BCUT2D eigenvalue weighted by atomic mass is 28.3. The average Bonchev–Trinajstić information content (AvgIpc) is 3.78. The number of hydrogen-bond donors (Lipinski definition) is 0. The number of halogens is 3. The van der Waals surface area contributed by atoms with Gasteiger partial charge in [-0.05, 0) is 99.2 Å². The second-order valence-electron chi connectivity index (χ2n) is 19.1. The lowest BCUT2D eigenvalue weighted by Gasteiger charge is -2.41. The van der Waals surface area contributed by atoms with E-state index < -0.39 is 43.3 Å². The Kier molecular flexibility index (Phi) is 12.4. The number of piperazine rings is 1. The van der Waals surface area contributed by atoms with Crippen LogP contribution in [0, 0.1) is 40.2 Å². The molecule has 3 aliphatic heterocycles. The lowest BCUT2D eigenvalue weighted by Crippen LogP contribution is -2.56. The summed E-state index contributed by atoms with van der Waals surface area (Å²) in [5, 5.41) is 10.9. The molecule has 9 nitrogen and oxygen atoms in total. The fourth-order valence-electron chi connectivity index (χ4n) is 10.5. The van der Waals surface area contributed by atoms with Gasteiger partial charge in [0.05, 0.1) is 35.2 Å². The topological polar surface area (TPSA) is 94.8 Å². The molecule has 3 aliphatic rings. The number of benzene rings is 3. The van der Waals surface area contributed by atoms with Crippen LogP contribution in [-0.2, 0) is 4.74 Å². The van der Waals surface area contributed by atoms with E-state index >= 15 is 13.2 Å². The van der Waals surface area contributed by atoms with Gasteiger partial charge in [-0.2, -0.15) is 15.2 Å². The third-order valence-electron chi connectivity index (χ3n) is 13.4. The largest absolute Gasteiger partial charge is 0.461 e. The van der Waals surface area contributed by atoms with Gasteiger partial charge >= 0.3 is 12.1 Å². The van der Waals surface area contributed by atoms with Gasteiger partial charge in [0.25, 0.3) is 0 Å². The van der Waals surface area contributed by atoms with Crippen LogP contribution in [0.4, 0.5) is 23.8 Å². The molecular weight excluding hydrogens is 794 g/mol. The molecule has 0 N–H and O–H groups in total. The average molecular weight is 853 g/mol. The Hall–Kier alpha value is -4.85. The van der Waals surface area contributed by atoms with Crippen molar-refractivity contribution in [1.29, 1.82) is 5.26 Å². The van der Waals surface area contributed by atoms with Gasteiger partial charge in [-0.1, -0.05) is 71.7 Å². The summed E-state index contributed by atoms with van der Waals surface area (Å²) in [5.41, 5.74) is 3.36. The van der Waals surface area contributed by atoms with E-state index in [4.69, 9.17) is 14.5 Å². The minimum absolute atomic E-state index is 0.00528. The fourth-order valence-corrected chi connectivity index (χ4v) is 15.8. The minimum atomic E-state index is -2.32. The van der Waals surface area contributed by atoms with Crippen molar-refractivity contribution in [1.82, 2.24) is 19.8 Å². The molecule has 4 heterocycles. The number of ether oxygens (including phenoxy) is 2. The van der Waals surface area contributed by atoms with Crippen LogP contribution in [0.15, 0.2) is 36.4 Å². The molecule has 0 bridgehead atoms. The summed E-state index contributed by atoms with van der Waals surface area (Å²) in [6.07, 6.45) is 3.52. The van der Waals surface area contributed by atoms with Gasteiger partial charge in [-0.15, -0.1) is 5.54 Å². The first-order valence-corrected chi connectivity index (χ1v) is 24.1. The molecule has 0 saturated carbocycles. The van der Waals surface area contributed by atoms with E-state index in [9.17, 15) is 10.1 Å². The maximum Gasteiger partial charge on any atom is 0.410 e. The Bertz CT molecular complexity index is 2400. The Morgan fingerprint density at radius 3 is 2.28 bits per heavy atom. The molecule has 0 radical (unpaired) electrons. The van der Waals surface area contributed by atoms with Gasteiger partial charge in [0.15, 0.2) is 5.82 Å². The second-order valence-corrected chi connectivity index (χ2v) is 24.7. The van der Waals surface area contributed by atoms with E-state index in [-0.39, 0.29) is 71.0 Å². The van der Waals surface area contributed by atoms with E-state index in [1.54, 1.807) is 45.0 Å². The number of nitrogens with zero attached hydrogens (tertiary/aromatic N) is 6. The van der Waals surface area contributed by atoms with Gasteiger partial charge in [0, 0.05) is 30.4 Å². The van der Waals surface area contributed by atoms with E-state index in [2.05, 4.69) is 69.0 Å². The van der Waals surface area contributed by atoms with Gasteiger partial charge in [0.1, 0.15) is 43.3 Å². The highest BCUT2D eigenvalue weighted by Gasteiger charge is 2.45. The zero-order valence-electron chi connectivity index (χ0n) is 37.1. The van der Waals surface area contributed by atoms with Crippen molar-refractivity contribution in [2.75, 3.05) is 44.2 Å². The van der Waals surface area contributed by atoms with Crippen molar-refractivity contribution in [2.45, 2.75) is 128 Å². The number of aromatic nitrogens is 2. The molecule has 3 aromatic carbocycles. The number of carbonyl (C=O) groups is 1. The minimum Gasteiger partial charge on any atom is -0.461 e. The first-order valence-electron chi connectivity index (χ1n) is 21.8. The van der Waals surface area contributed by atoms with Crippen LogP contribution in [0.3, 0.4) is 0 Å². The first-order chi connectivity index (χ1) is 28.9. The lowest BCUT2D eigenvalue weighted by atomic mass is 9.93. The molecule has 61 heavy (non-hydrogen) atoms. The van der Waals surface area contributed by atoms with Crippen LogP contribution in [-0.4, -0.2) is 90.4 Å². The van der Waals surface area contributed by atoms with Crippen molar-refractivity contribution >= 4 is 41.7 Å². The van der Waals surface area contributed by atoms with Gasteiger partial charge in [0.2, 0.25) is 0 Å². The third kappa shape index (κ3) is 8.28. The number of fused-ring (bicyclic) bond motifs is 3. The molecule has 4 aromatic rings. The Labute approximate surface area is 359 Å². The molecule has 3 fully saturated rings. The molecule has 1 amide bonds. The molecule has 7 rings (SSSR count). The number of amides is 1. The van der Waals surface area contributed by atoms with Crippen molar-refractivity contribution in [3.8, 4) is 34.7 Å². The molecule has 0 unspecified atom stereocenters. The predicted molar refractivity (Wildman–Crippen MR) is 238 cm³/mol. The summed E-state index contributed by atoms with van der Waals surface area (Å²) in [4.78, 5) is 28.6. The van der Waals surface area contributed by atoms with E-state index in [1.807, 2.05) is 4.90 Å². The van der Waals surface area contributed by atoms with Gasteiger partial charge in [-0.3, -0.25) is 4.90 Å². The van der Waals surface area contributed by atoms with E-state index in [0.29, 0.717) is 34.0 Å². The number of rotatable bonds is 9. The number of hydrogen-bond acceptors (Lipinski definition) is 8. The molecule has 0 spiro atoms. The monoisotopic (exact) mass is 852 g/mol. The number of anilines is 1. The normalized spacial score (nSPS) is 18.2. The number of carbonyl (C=O) groups excluding carboxylic acids is 1. The molecule has 13 heteroatoms. The quantitative estimate of drug-likeness (QED) is 0.121. The van der Waals surface area contributed by atoms with Gasteiger partial charge in [-0.25, -0.2) is 18.0 Å². The second kappa shape index (κ2) is 17.1. The lowest BCUT2D eigenvalue weighted by molar-refractivity contribution is 0.0145.